The van der Waals surface area contributed by atoms with E-state index in [1.165, 1.54) is 22.3 Å². The molecule has 0 saturated heterocycles. The monoisotopic (exact) mass is 329 g/mol. The molecule has 0 aliphatic heterocycles. The van der Waals surface area contributed by atoms with Crippen LogP contribution in [-0.4, -0.2) is 49.3 Å². The van der Waals surface area contributed by atoms with Gasteiger partial charge in [0, 0.05) is 25.6 Å². The highest BCUT2D eigenvalue weighted by molar-refractivity contribution is 7.17. The summed E-state index contributed by atoms with van der Waals surface area (Å²) in [6.07, 6.45) is 0.0580. The Morgan fingerprint density at radius 1 is 1.45 bits per heavy atom. The predicted octanol–water partition coefficient (Wildman–Crippen LogP) is 2.19. The minimum Gasteiger partial charge on any atom is -0.395 e. The number of carbonyl (C=O) groups is 1. The summed E-state index contributed by atoms with van der Waals surface area (Å²) in [5, 5.41) is 11.0. The largest absolute Gasteiger partial charge is 0.395 e. The highest BCUT2D eigenvalue weighted by atomic mass is 32.1. The van der Waals surface area contributed by atoms with Crippen LogP contribution in [0.15, 0.2) is 17.5 Å². The molecule has 1 aromatic carbocycles. The first kappa shape index (κ1) is 16.8. The number of fused-ring (bicyclic) bond motifs is 1. The maximum atomic E-state index is 14.2. The number of benzene rings is 1. The number of ether oxygens (including phenoxy) is 1. The Hall–Kier alpha value is -1.57. The van der Waals surface area contributed by atoms with Crippen molar-refractivity contribution in [3.63, 3.8) is 0 Å². The molecule has 0 radical (unpaired) electrons. The Balaban J connectivity index is 1.91. The molecular formula is C15H17F2NO3S. The van der Waals surface area contributed by atoms with Crippen molar-refractivity contribution in [3.8, 4) is 0 Å². The van der Waals surface area contributed by atoms with Gasteiger partial charge >= 0.3 is 0 Å². The van der Waals surface area contributed by atoms with Gasteiger partial charge in [-0.05, 0) is 22.9 Å². The van der Waals surface area contributed by atoms with Crippen molar-refractivity contribution in [2.45, 2.75) is 6.42 Å². The molecule has 0 fully saturated rings. The maximum absolute atomic E-state index is 14.2. The molecule has 0 aliphatic rings. The van der Waals surface area contributed by atoms with Crippen LogP contribution in [0.3, 0.4) is 0 Å². The highest BCUT2D eigenvalue weighted by Crippen LogP contribution is 2.28. The zero-order valence-corrected chi connectivity index (χ0v) is 13.0. The molecule has 120 valence electrons. The Bertz CT molecular complexity index is 660. The van der Waals surface area contributed by atoms with Gasteiger partial charge in [0.05, 0.1) is 17.9 Å². The van der Waals surface area contributed by atoms with Crippen molar-refractivity contribution in [2.24, 2.45) is 0 Å². The fraction of sp³-hybridized carbons (Fsp3) is 0.400. The smallest absolute Gasteiger partial charge is 0.248 e. The zero-order valence-electron chi connectivity index (χ0n) is 12.1. The van der Waals surface area contributed by atoms with Gasteiger partial charge in [0.2, 0.25) is 5.91 Å². The summed E-state index contributed by atoms with van der Waals surface area (Å²) in [5.41, 5.74) is -0.0221. The van der Waals surface area contributed by atoms with Crippen molar-refractivity contribution in [2.75, 3.05) is 33.4 Å². The van der Waals surface area contributed by atoms with E-state index >= 15 is 0 Å². The van der Waals surface area contributed by atoms with Crippen LogP contribution in [0.4, 0.5) is 8.78 Å². The summed E-state index contributed by atoms with van der Waals surface area (Å²) in [4.78, 5) is 12.9. The molecule has 0 aliphatic carbocycles. The van der Waals surface area contributed by atoms with E-state index in [-0.39, 0.29) is 44.3 Å². The minimum atomic E-state index is -0.601. The number of carbonyl (C=O) groups excluding carboxylic acids is 1. The van der Waals surface area contributed by atoms with Gasteiger partial charge in [-0.25, -0.2) is 8.78 Å². The van der Waals surface area contributed by atoms with Gasteiger partial charge in [0.1, 0.15) is 18.2 Å². The van der Waals surface area contributed by atoms with E-state index in [2.05, 4.69) is 0 Å². The zero-order chi connectivity index (χ0) is 16.1. The lowest BCUT2D eigenvalue weighted by molar-refractivity contribution is -0.135. The van der Waals surface area contributed by atoms with Crippen LogP contribution in [0.25, 0.3) is 10.1 Å². The molecule has 2 rings (SSSR count). The van der Waals surface area contributed by atoms with Crippen LogP contribution in [0, 0.1) is 11.6 Å². The molecule has 0 bridgehead atoms. The number of likely N-dealkylation sites (N-methyl/N-ethyl adjacent to an activating group) is 1. The summed E-state index contributed by atoms with van der Waals surface area (Å²) in [6.45, 7) is -0.0373. The Morgan fingerprint density at radius 2 is 2.23 bits per heavy atom. The molecule has 0 saturated carbocycles. The third kappa shape index (κ3) is 3.79. The molecule has 0 spiro atoms. The highest BCUT2D eigenvalue weighted by Gasteiger charge is 2.15. The Morgan fingerprint density at radius 3 is 2.95 bits per heavy atom. The van der Waals surface area contributed by atoms with Crippen molar-refractivity contribution in [1.82, 2.24) is 4.90 Å². The molecule has 4 nitrogen and oxygen atoms in total. The number of aliphatic hydroxyl groups excluding tert-OH is 1. The second-order valence-corrected chi connectivity index (χ2v) is 5.75. The van der Waals surface area contributed by atoms with E-state index in [4.69, 9.17) is 9.84 Å². The summed E-state index contributed by atoms with van der Waals surface area (Å²) in [7, 11) is 1.55. The summed E-state index contributed by atoms with van der Waals surface area (Å²) in [6, 6.07) is 2.98. The number of rotatable bonds is 7. The van der Waals surface area contributed by atoms with Crippen molar-refractivity contribution < 1.29 is 23.4 Å². The number of hydrogen-bond donors (Lipinski definition) is 1. The molecule has 22 heavy (non-hydrogen) atoms. The molecule has 0 unspecified atom stereocenters. The van der Waals surface area contributed by atoms with Crippen molar-refractivity contribution >= 4 is 27.3 Å². The van der Waals surface area contributed by atoms with E-state index in [1.807, 2.05) is 0 Å². The van der Waals surface area contributed by atoms with Crippen molar-refractivity contribution in [1.29, 1.82) is 0 Å². The Labute approximate surface area is 130 Å². The Kier molecular flexibility index (Phi) is 5.82. The van der Waals surface area contributed by atoms with E-state index in [0.717, 1.165) is 0 Å². The normalized spacial score (nSPS) is 11.1. The summed E-state index contributed by atoms with van der Waals surface area (Å²) < 4.78 is 33.7. The second kappa shape index (κ2) is 7.62. The van der Waals surface area contributed by atoms with Gasteiger partial charge in [-0.3, -0.25) is 4.79 Å². The lowest BCUT2D eigenvalue weighted by atomic mass is 10.1. The van der Waals surface area contributed by atoms with Gasteiger partial charge < -0.3 is 14.7 Å². The molecule has 0 atom stereocenters. The number of nitrogens with zero attached hydrogens (tertiary/aromatic N) is 1. The lowest BCUT2D eigenvalue weighted by Gasteiger charge is -2.15. The van der Waals surface area contributed by atoms with Gasteiger partial charge in [0.25, 0.3) is 0 Å². The molecule has 1 aromatic heterocycles. The SMILES string of the molecule is CN(CCO)C(=O)COCCc1c(F)cc2ccsc2c1F. The first-order valence-corrected chi connectivity index (χ1v) is 7.69. The number of hydrogen-bond acceptors (Lipinski definition) is 4. The van der Waals surface area contributed by atoms with E-state index in [0.29, 0.717) is 10.1 Å². The van der Waals surface area contributed by atoms with Gasteiger partial charge in [-0.1, -0.05) is 0 Å². The number of halogens is 2. The van der Waals surface area contributed by atoms with Crippen LogP contribution in [-0.2, 0) is 16.0 Å². The lowest BCUT2D eigenvalue weighted by Crippen LogP contribution is -2.32. The number of aliphatic hydroxyl groups is 1. The first-order chi connectivity index (χ1) is 10.5. The van der Waals surface area contributed by atoms with E-state index < -0.39 is 11.6 Å². The molecule has 1 N–H and O–H groups in total. The van der Waals surface area contributed by atoms with Crippen LogP contribution in [0.1, 0.15) is 5.56 Å². The average molecular weight is 329 g/mol. The molecule has 7 heteroatoms. The minimum absolute atomic E-state index is 0.0221. The third-order valence-corrected chi connectivity index (χ3v) is 4.24. The second-order valence-electron chi connectivity index (χ2n) is 4.83. The van der Waals surface area contributed by atoms with Gasteiger partial charge in [-0.15, -0.1) is 11.3 Å². The fourth-order valence-corrected chi connectivity index (χ4v) is 2.86. The van der Waals surface area contributed by atoms with Gasteiger partial charge in [-0.2, -0.15) is 0 Å². The third-order valence-electron chi connectivity index (χ3n) is 3.31. The number of amides is 1. The summed E-state index contributed by atoms with van der Waals surface area (Å²) >= 11 is 1.22. The maximum Gasteiger partial charge on any atom is 0.248 e. The van der Waals surface area contributed by atoms with E-state index in [9.17, 15) is 13.6 Å². The van der Waals surface area contributed by atoms with Crippen LogP contribution in [0.2, 0.25) is 0 Å². The van der Waals surface area contributed by atoms with Crippen LogP contribution < -0.4 is 0 Å². The van der Waals surface area contributed by atoms with Crippen molar-refractivity contribution in [3.05, 3.63) is 34.7 Å². The number of thiophene rings is 1. The van der Waals surface area contributed by atoms with Crippen LogP contribution >= 0.6 is 11.3 Å². The standard InChI is InChI=1S/C15H17F2NO3S/c1-18(4-5-19)13(20)9-21-6-2-11-12(16)8-10-3-7-22-15(10)14(11)17/h3,7-8,19H,2,4-6,9H2,1H3. The molecule has 1 heterocycles. The quantitative estimate of drug-likeness (QED) is 0.792. The average Bonchev–Trinajstić information content (AvgIpc) is 2.94. The molecular weight excluding hydrogens is 312 g/mol. The van der Waals surface area contributed by atoms with Crippen LogP contribution in [0.5, 0.6) is 0 Å². The molecule has 2 aromatic rings. The first-order valence-electron chi connectivity index (χ1n) is 6.81. The fourth-order valence-electron chi connectivity index (χ4n) is 2.02. The van der Waals surface area contributed by atoms with Gasteiger partial charge in [0.15, 0.2) is 0 Å². The van der Waals surface area contributed by atoms with E-state index in [1.54, 1.807) is 18.5 Å². The topological polar surface area (TPSA) is 49.8 Å². The summed E-state index contributed by atoms with van der Waals surface area (Å²) in [5.74, 6) is -1.45. The molecule has 1 amide bonds. The predicted molar refractivity (Wildman–Crippen MR) is 81.0 cm³/mol.